The molecule has 0 aliphatic heterocycles. The molecule has 1 saturated carbocycles. The Balaban J connectivity index is 1.77. The van der Waals surface area contributed by atoms with Gasteiger partial charge in [0.25, 0.3) is 0 Å². The number of nitrogens with zero attached hydrogens (tertiary/aromatic N) is 2. The zero-order valence-corrected chi connectivity index (χ0v) is 7.97. The summed E-state index contributed by atoms with van der Waals surface area (Å²) in [4.78, 5) is 4.09. The Morgan fingerprint density at radius 3 is 3.33 bits per heavy atom. The maximum Gasteiger partial charge on any atom is 0.202 e. The molecule has 12 heavy (non-hydrogen) atoms. The summed E-state index contributed by atoms with van der Waals surface area (Å²) in [5.41, 5.74) is 0. The lowest BCUT2D eigenvalue weighted by molar-refractivity contribution is 0.692. The highest BCUT2D eigenvalue weighted by Crippen LogP contribution is 2.37. The lowest BCUT2D eigenvalue weighted by Crippen LogP contribution is -2.03. The van der Waals surface area contributed by atoms with Gasteiger partial charge >= 0.3 is 0 Å². The first-order valence-electron chi connectivity index (χ1n) is 4.43. The summed E-state index contributed by atoms with van der Waals surface area (Å²) in [6.45, 7) is 2.24. The molecule has 0 bridgehead atoms. The Hall–Kier alpha value is -0.640. The smallest absolute Gasteiger partial charge is 0.202 e. The summed E-state index contributed by atoms with van der Waals surface area (Å²) < 4.78 is 3.94. The average molecular weight is 183 g/mol. The van der Waals surface area contributed by atoms with Crippen LogP contribution < -0.4 is 5.32 Å². The minimum absolute atomic E-state index is 0.679. The second-order valence-electron chi connectivity index (χ2n) is 3.28. The van der Waals surface area contributed by atoms with Crippen molar-refractivity contribution in [2.75, 3.05) is 5.32 Å². The van der Waals surface area contributed by atoms with Crippen LogP contribution in [0.25, 0.3) is 0 Å². The Morgan fingerprint density at radius 1 is 1.75 bits per heavy atom. The van der Waals surface area contributed by atoms with Gasteiger partial charge in [-0.1, -0.05) is 13.3 Å². The van der Waals surface area contributed by atoms with Crippen LogP contribution in [0.5, 0.6) is 0 Å². The molecule has 3 nitrogen and oxygen atoms in total. The van der Waals surface area contributed by atoms with Gasteiger partial charge in [-0.3, -0.25) is 0 Å². The number of aromatic nitrogens is 2. The molecule has 1 aliphatic rings. The number of rotatable bonds is 4. The molecule has 1 aromatic rings. The monoisotopic (exact) mass is 183 g/mol. The van der Waals surface area contributed by atoms with Crippen molar-refractivity contribution in [2.24, 2.45) is 5.92 Å². The predicted octanol–water partition coefficient (Wildman–Crippen LogP) is 2.14. The average Bonchev–Trinajstić information content (AvgIpc) is 2.62. The molecule has 2 atom stereocenters. The van der Waals surface area contributed by atoms with Gasteiger partial charge in [0.1, 0.15) is 6.33 Å². The maximum atomic E-state index is 4.09. The Kier molecular flexibility index (Phi) is 2.26. The van der Waals surface area contributed by atoms with Crippen LogP contribution in [0.2, 0.25) is 0 Å². The van der Waals surface area contributed by atoms with Gasteiger partial charge in [0, 0.05) is 17.6 Å². The van der Waals surface area contributed by atoms with Crippen molar-refractivity contribution in [3.8, 4) is 0 Å². The van der Waals surface area contributed by atoms with Gasteiger partial charge in [0.2, 0.25) is 5.13 Å². The number of hydrogen-bond donors (Lipinski definition) is 1. The van der Waals surface area contributed by atoms with Crippen molar-refractivity contribution in [3.63, 3.8) is 0 Å². The Morgan fingerprint density at radius 2 is 2.67 bits per heavy atom. The number of anilines is 1. The van der Waals surface area contributed by atoms with E-state index in [9.17, 15) is 0 Å². The van der Waals surface area contributed by atoms with Crippen LogP contribution in [0.15, 0.2) is 6.33 Å². The fourth-order valence-corrected chi connectivity index (χ4v) is 2.00. The number of hydrogen-bond acceptors (Lipinski definition) is 4. The second-order valence-corrected chi connectivity index (χ2v) is 4.06. The third kappa shape index (κ3) is 1.75. The SMILES string of the molecule is CCCC1CC1Nc1ncns1. The summed E-state index contributed by atoms with van der Waals surface area (Å²) >= 11 is 1.44. The lowest BCUT2D eigenvalue weighted by Gasteiger charge is -1.98. The molecule has 4 heteroatoms. The first-order chi connectivity index (χ1) is 5.90. The van der Waals surface area contributed by atoms with Gasteiger partial charge in [0.15, 0.2) is 0 Å². The first kappa shape index (κ1) is 7.98. The topological polar surface area (TPSA) is 37.8 Å². The summed E-state index contributed by atoms with van der Waals surface area (Å²) in [6, 6.07) is 0.679. The minimum Gasteiger partial charge on any atom is -0.357 e. The standard InChI is InChI=1S/C8H13N3S/c1-2-3-6-4-7(6)11-8-9-5-10-12-8/h5-7H,2-4H2,1H3,(H,9,10,11). The van der Waals surface area contributed by atoms with Crippen molar-refractivity contribution in [2.45, 2.75) is 32.2 Å². The molecular weight excluding hydrogens is 170 g/mol. The van der Waals surface area contributed by atoms with Crippen molar-refractivity contribution in [1.29, 1.82) is 0 Å². The van der Waals surface area contributed by atoms with E-state index in [0.717, 1.165) is 11.0 Å². The van der Waals surface area contributed by atoms with E-state index in [1.807, 2.05) is 0 Å². The molecular formula is C8H13N3S. The molecule has 1 aromatic heterocycles. The molecule has 0 saturated heterocycles. The Labute approximate surface area is 76.4 Å². The molecule has 0 amide bonds. The van der Waals surface area contributed by atoms with E-state index in [-0.39, 0.29) is 0 Å². The van der Waals surface area contributed by atoms with E-state index < -0.39 is 0 Å². The van der Waals surface area contributed by atoms with E-state index in [1.54, 1.807) is 6.33 Å². The third-order valence-electron chi connectivity index (χ3n) is 2.25. The van der Waals surface area contributed by atoms with Crippen LogP contribution in [0, 0.1) is 5.92 Å². The van der Waals surface area contributed by atoms with Crippen LogP contribution in [0.4, 0.5) is 5.13 Å². The minimum atomic E-state index is 0.679. The summed E-state index contributed by atoms with van der Waals surface area (Å²) in [7, 11) is 0. The molecule has 66 valence electrons. The van der Waals surface area contributed by atoms with Crippen LogP contribution in [-0.4, -0.2) is 15.4 Å². The van der Waals surface area contributed by atoms with Gasteiger partial charge in [-0.25, -0.2) is 4.98 Å². The van der Waals surface area contributed by atoms with E-state index in [4.69, 9.17) is 0 Å². The zero-order chi connectivity index (χ0) is 8.39. The molecule has 0 spiro atoms. The highest BCUT2D eigenvalue weighted by molar-refractivity contribution is 7.09. The van der Waals surface area contributed by atoms with Crippen molar-refractivity contribution in [3.05, 3.63) is 6.33 Å². The van der Waals surface area contributed by atoms with Crippen LogP contribution >= 0.6 is 11.5 Å². The third-order valence-corrected chi connectivity index (χ3v) is 2.85. The van der Waals surface area contributed by atoms with Gasteiger partial charge in [-0.15, -0.1) is 0 Å². The van der Waals surface area contributed by atoms with Gasteiger partial charge in [-0.05, 0) is 18.8 Å². The van der Waals surface area contributed by atoms with E-state index in [1.165, 1.54) is 30.8 Å². The highest BCUT2D eigenvalue weighted by atomic mass is 32.1. The summed E-state index contributed by atoms with van der Waals surface area (Å²) in [5.74, 6) is 0.888. The predicted molar refractivity (Wildman–Crippen MR) is 50.3 cm³/mol. The molecule has 1 fully saturated rings. The number of nitrogens with one attached hydrogen (secondary N) is 1. The highest BCUT2D eigenvalue weighted by Gasteiger charge is 2.36. The quantitative estimate of drug-likeness (QED) is 0.777. The normalized spacial score (nSPS) is 27.1. The van der Waals surface area contributed by atoms with E-state index in [2.05, 4.69) is 21.6 Å². The molecule has 2 unspecified atom stereocenters. The van der Waals surface area contributed by atoms with Gasteiger partial charge in [-0.2, -0.15) is 4.37 Å². The van der Waals surface area contributed by atoms with Crippen LogP contribution in [0.3, 0.4) is 0 Å². The molecule has 1 aliphatic carbocycles. The molecule has 1 heterocycles. The summed E-state index contributed by atoms with van der Waals surface area (Å²) in [6.07, 6.45) is 5.55. The van der Waals surface area contributed by atoms with Crippen molar-refractivity contribution in [1.82, 2.24) is 9.36 Å². The van der Waals surface area contributed by atoms with E-state index >= 15 is 0 Å². The van der Waals surface area contributed by atoms with Gasteiger partial charge in [0.05, 0.1) is 0 Å². The Bertz CT molecular complexity index is 234. The van der Waals surface area contributed by atoms with Gasteiger partial charge < -0.3 is 5.32 Å². The first-order valence-corrected chi connectivity index (χ1v) is 5.20. The van der Waals surface area contributed by atoms with E-state index in [0.29, 0.717) is 6.04 Å². The van der Waals surface area contributed by atoms with Crippen molar-refractivity contribution >= 4 is 16.7 Å². The fraction of sp³-hybridized carbons (Fsp3) is 0.750. The zero-order valence-electron chi connectivity index (χ0n) is 7.16. The lowest BCUT2D eigenvalue weighted by atomic mass is 10.2. The van der Waals surface area contributed by atoms with Crippen LogP contribution in [0.1, 0.15) is 26.2 Å². The molecule has 0 aromatic carbocycles. The largest absolute Gasteiger partial charge is 0.357 e. The molecule has 0 radical (unpaired) electrons. The second kappa shape index (κ2) is 3.39. The molecule has 2 rings (SSSR count). The molecule has 1 N–H and O–H groups in total. The summed E-state index contributed by atoms with van der Waals surface area (Å²) in [5, 5.41) is 4.35. The maximum absolute atomic E-state index is 4.09. The van der Waals surface area contributed by atoms with Crippen LogP contribution in [-0.2, 0) is 0 Å². The van der Waals surface area contributed by atoms with Crippen molar-refractivity contribution < 1.29 is 0 Å². The fourth-order valence-electron chi connectivity index (χ4n) is 1.51.